The van der Waals surface area contributed by atoms with Crippen molar-refractivity contribution in [3.8, 4) is 0 Å². The lowest BCUT2D eigenvalue weighted by Gasteiger charge is -2.25. The second kappa shape index (κ2) is 7.31. The highest BCUT2D eigenvalue weighted by molar-refractivity contribution is 5.89. The average Bonchev–Trinajstić information content (AvgIpc) is 2.44. The Balaban J connectivity index is 2.61. The molecule has 118 valence electrons. The quantitative estimate of drug-likeness (QED) is 0.755. The summed E-state index contributed by atoms with van der Waals surface area (Å²) in [5, 5.41) is 15.6. The monoisotopic (exact) mass is 293 g/mol. The van der Waals surface area contributed by atoms with Crippen LogP contribution in [0.2, 0.25) is 0 Å². The molecule has 0 bridgehead atoms. The number of hydrogen-bond donors (Lipinski definition) is 3. The van der Waals surface area contributed by atoms with Crippen LogP contribution in [-0.2, 0) is 0 Å². The predicted molar refractivity (Wildman–Crippen MR) is 88.1 cm³/mol. The molecule has 1 aromatic rings. The van der Waals surface area contributed by atoms with Crippen molar-refractivity contribution < 1.29 is 9.90 Å². The molecular weight excluding hydrogens is 266 g/mol. The molecule has 0 fully saturated rings. The number of amides is 2. The first-order chi connectivity index (χ1) is 9.81. The van der Waals surface area contributed by atoms with Crippen LogP contribution in [0.1, 0.15) is 32.3 Å². The molecule has 0 saturated carbocycles. The molecule has 0 spiro atoms. The van der Waals surface area contributed by atoms with Crippen molar-refractivity contribution >= 4 is 17.4 Å². The molecule has 21 heavy (non-hydrogen) atoms. The number of hydrogen-bond acceptors (Lipinski definition) is 3. The molecule has 0 saturated heterocycles. The number of rotatable bonds is 6. The molecule has 2 amide bonds. The van der Waals surface area contributed by atoms with Crippen molar-refractivity contribution in [3.63, 3.8) is 0 Å². The Hall–Kier alpha value is -1.75. The molecule has 0 heterocycles. The first-order valence-electron chi connectivity index (χ1n) is 7.36. The van der Waals surface area contributed by atoms with Crippen molar-refractivity contribution in [1.82, 2.24) is 5.32 Å². The van der Waals surface area contributed by atoms with Crippen LogP contribution >= 0.6 is 0 Å². The van der Waals surface area contributed by atoms with E-state index in [0.717, 1.165) is 16.9 Å². The van der Waals surface area contributed by atoms with E-state index in [1.54, 1.807) is 0 Å². The van der Waals surface area contributed by atoms with Crippen molar-refractivity contribution in [2.75, 3.05) is 30.9 Å². The molecule has 1 rings (SSSR count). The van der Waals surface area contributed by atoms with Gasteiger partial charge >= 0.3 is 6.03 Å². The molecule has 0 aromatic heterocycles. The van der Waals surface area contributed by atoms with E-state index in [-0.39, 0.29) is 12.6 Å². The minimum Gasteiger partial charge on any atom is -0.388 e. The number of aryl methyl sites for hydroxylation is 1. The minimum atomic E-state index is -0.831. The van der Waals surface area contributed by atoms with Crippen LogP contribution in [0, 0.1) is 6.92 Å². The molecule has 0 atom stereocenters. The summed E-state index contributed by atoms with van der Waals surface area (Å²) in [6.07, 6.45) is 1.22. The largest absolute Gasteiger partial charge is 0.388 e. The third kappa shape index (κ3) is 4.93. The third-order valence-electron chi connectivity index (χ3n) is 3.83. The molecular formula is C16H27N3O2. The van der Waals surface area contributed by atoms with E-state index < -0.39 is 5.60 Å². The molecule has 0 aliphatic rings. The molecule has 5 heteroatoms. The summed E-state index contributed by atoms with van der Waals surface area (Å²) in [6.45, 7) is 6.07. The van der Waals surface area contributed by atoms with Gasteiger partial charge in [0.15, 0.2) is 0 Å². The van der Waals surface area contributed by atoms with Crippen LogP contribution in [0.15, 0.2) is 18.2 Å². The van der Waals surface area contributed by atoms with Gasteiger partial charge in [-0.15, -0.1) is 0 Å². The van der Waals surface area contributed by atoms with Crippen LogP contribution in [0.4, 0.5) is 16.2 Å². The number of benzene rings is 1. The maximum atomic E-state index is 11.9. The standard InChI is InChI=1S/C16H27N3O2/c1-6-16(21,7-2)11-17-15(20)18-13-8-9-14(19(4)5)12(3)10-13/h8-10,21H,6-7,11H2,1-5H3,(H2,17,18,20). The first kappa shape index (κ1) is 17.3. The molecule has 5 nitrogen and oxygen atoms in total. The van der Waals surface area contributed by atoms with Crippen molar-refractivity contribution in [3.05, 3.63) is 23.8 Å². The van der Waals surface area contributed by atoms with Gasteiger partial charge in [0.2, 0.25) is 0 Å². The summed E-state index contributed by atoms with van der Waals surface area (Å²) in [6, 6.07) is 5.47. The Kier molecular flexibility index (Phi) is 6.03. The number of nitrogens with one attached hydrogen (secondary N) is 2. The summed E-state index contributed by atoms with van der Waals surface area (Å²) in [5.74, 6) is 0. The van der Waals surface area contributed by atoms with E-state index >= 15 is 0 Å². The van der Waals surface area contributed by atoms with Crippen LogP contribution in [-0.4, -0.2) is 37.4 Å². The summed E-state index contributed by atoms with van der Waals surface area (Å²) < 4.78 is 0. The van der Waals surface area contributed by atoms with Crippen molar-refractivity contribution in [2.24, 2.45) is 0 Å². The second-order valence-electron chi connectivity index (χ2n) is 5.63. The van der Waals surface area contributed by atoms with Crippen LogP contribution < -0.4 is 15.5 Å². The van der Waals surface area contributed by atoms with E-state index in [2.05, 4.69) is 10.6 Å². The third-order valence-corrected chi connectivity index (χ3v) is 3.83. The van der Waals surface area contributed by atoms with Gasteiger partial charge in [-0.3, -0.25) is 0 Å². The van der Waals surface area contributed by atoms with E-state index in [1.807, 2.05) is 58.0 Å². The van der Waals surface area contributed by atoms with Gasteiger partial charge in [0, 0.05) is 32.0 Å². The smallest absolute Gasteiger partial charge is 0.319 e. The van der Waals surface area contributed by atoms with Gasteiger partial charge in [0.05, 0.1) is 5.60 Å². The summed E-state index contributed by atoms with van der Waals surface area (Å²) in [5.41, 5.74) is 2.12. The minimum absolute atomic E-state index is 0.251. The average molecular weight is 293 g/mol. The number of urea groups is 1. The van der Waals surface area contributed by atoms with Gasteiger partial charge in [-0.2, -0.15) is 0 Å². The van der Waals surface area contributed by atoms with E-state index in [9.17, 15) is 9.90 Å². The Morgan fingerprint density at radius 3 is 2.38 bits per heavy atom. The molecule has 0 aliphatic carbocycles. The predicted octanol–water partition coefficient (Wildman–Crippen LogP) is 2.73. The van der Waals surface area contributed by atoms with Gasteiger partial charge in [-0.25, -0.2) is 4.79 Å². The highest BCUT2D eigenvalue weighted by atomic mass is 16.3. The van der Waals surface area contributed by atoms with Crippen molar-refractivity contribution in [1.29, 1.82) is 0 Å². The molecule has 0 unspecified atom stereocenters. The molecule has 0 aliphatic heterocycles. The zero-order valence-electron chi connectivity index (χ0n) is 13.7. The van der Waals surface area contributed by atoms with E-state index in [1.165, 1.54) is 0 Å². The Labute approximate surface area is 127 Å². The van der Waals surface area contributed by atoms with Crippen molar-refractivity contribution in [2.45, 2.75) is 39.2 Å². The van der Waals surface area contributed by atoms with Crippen LogP contribution in [0.25, 0.3) is 0 Å². The van der Waals surface area contributed by atoms with Crippen LogP contribution in [0.5, 0.6) is 0 Å². The Morgan fingerprint density at radius 2 is 1.90 bits per heavy atom. The fourth-order valence-corrected chi connectivity index (χ4v) is 2.16. The van der Waals surface area contributed by atoms with Gasteiger partial charge in [0.1, 0.15) is 0 Å². The lowest BCUT2D eigenvalue weighted by molar-refractivity contribution is 0.0354. The maximum Gasteiger partial charge on any atom is 0.319 e. The van der Waals surface area contributed by atoms with Gasteiger partial charge in [0.25, 0.3) is 0 Å². The number of aliphatic hydroxyl groups is 1. The lowest BCUT2D eigenvalue weighted by Crippen LogP contribution is -2.43. The SMILES string of the molecule is CCC(O)(CC)CNC(=O)Nc1ccc(N(C)C)c(C)c1. The number of nitrogens with zero attached hydrogens (tertiary/aromatic N) is 1. The molecule has 3 N–H and O–H groups in total. The van der Waals surface area contributed by atoms with Crippen LogP contribution in [0.3, 0.4) is 0 Å². The van der Waals surface area contributed by atoms with E-state index in [4.69, 9.17) is 0 Å². The summed E-state index contributed by atoms with van der Waals surface area (Å²) >= 11 is 0. The van der Waals surface area contributed by atoms with Gasteiger partial charge in [-0.05, 0) is 43.5 Å². The van der Waals surface area contributed by atoms with Gasteiger partial charge in [-0.1, -0.05) is 13.8 Å². The summed E-state index contributed by atoms with van der Waals surface area (Å²) in [4.78, 5) is 13.9. The number of anilines is 2. The maximum absolute atomic E-state index is 11.9. The zero-order valence-corrected chi connectivity index (χ0v) is 13.7. The zero-order chi connectivity index (χ0) is 16.0. The van der Waals surface area contributed by atoms with Gasteiger partial charge < -0.3 is 20.6 Å². The second-order valence-corrected chi connectivity index (χ2v) is 5.63. The number of carbonyl (C=O) groups is 1. The summed E-state index contributed by atoms with van der Waals surface area (Å²) in [7, 11) is 3.97. The fourth-order valence-electron chi connectivity index (χ4n) is 2.16. The topological polar surface area (TPSA) is 64.6 Å². The number of carbonyl (C=O) groups excluding carboxylic acids is 1. The highest BCUT2D eigenvalue weighted by Gasteiger charge is 2.22. The highest BCUT2D eigenvalue weighted by Crippen LogP contribution is 2.21. The Morgan fingerprint density at radius 1 is 1.29 bits per heavy atom. The Bertz CT molecular complexity index is 482. The molecule has 1 aromatic carbocycles. The first-order valence-corrected chi connectivity index (χ1v) is 7.36. The normalized spacial score (nSPS) is 11.1. The fraction of sp³-hybridized carbons (Fsp3) is 0.562. The molecule has 0 radical (unpaired) electrons. The van der Waals surface area contributed by atoms with E-state index in [0.29, 0.717) is 12.8 Å². The lowest BCUT2D eigenvalue weighted by atomic mass is 9.98.